The molecule has 19 heavy (non-hydrogen) atoms. The summed E-state index contributed by atoms with van der Waals surface area (Å²) in [6.07, 6.45) is 2.12. The summed E-state index contributed by atoms with van der Waals surface area (Å²) in [4.78, 5) is 16.4. The Labute approximate surface area is 115 Å². The maximum absolute atomic E-state index is 12.2. The van der Waals surface area contributed by atoms with E-state index in [0.717, 1.165) is 18.5 Å². The standard InChI is InChI=1S/C14H24N4O/c1-5-11(6-2)10(4)17-14(19)12-7-9(3)16-13(8-12)18-15/h7-8,10-11H,5-6,15H2,1-4H3,(H,16,18)(H,17,19). The maximum Gasteiger partial charge on any atom is 0.251 e. The van der Waals surface area contributed by atoms with Crippen LogP contribution >= 0.6 is 0 Å². The average molecular weight is 264 g/mol. The van der Waals surface area contributed by atoms with Crippen LogP contribution in [0.3, 0.4) is 0 Å². The summed E-state index contributed by atoms with van der Waals surface area (Å²) in [5.74, 6) is 6.25. The number of hydrogen-bond donors (Lipinski definition) is 3. The van der Waals surface area contributed by atoms with E-state index in [9.17, 15) is 4.79 Å². The monoisotopic (exact) mass is 264 g/mol. The number of pyridine rings is 1. The number of anilines is 1. The quantitative estimate of drug-likeness (QED) is 0.543. The first-order chi connectivity index (χ1) is 9.01. The van der Waals surface area contributed by atoms with Crippen LogP contribution in [0.1, 0.15) is 49.7 Å². The number of amides is 1. The molecular weight excluding hydrogens is 240 g/mol. The lowest BCUT2D eigenvalue weighted by Crippen LogP contribution is -2.37. The van der Waals surface area contributed by atoms with Crippen molar-refractivity contribution in [1.29, 1.82) is 0 Å². The Morgan fingerprint density at radius 2 is 2.00 bits per heavy atom. The van der Waals surface area contributed by atoms with Crippen molar-refractivity contribution >= 4 is 11.7 Å². The highest BCUT2D eigenvalue weighted by Crippen LogP contribution is 2.14. The molecule has 0 aromatic carbocycles. The molecule has 1 heterocycles. The van der Waals surface area contributed by atoms with Gasteiger partial charge in [-0.05, 0) is 31.9 Å². The molecule has 1 aromatic rings. The van der Waals surface area contributed by atoms with Crippen molar-refractivity contribution in [2.45, 2.75) is 46.6 Å². The second kappa shape index (κ2) is 7.09. The molecule has 106 valence electrons. The second-order valence-corrected chi connectivity index (χ2v) is 4.87. The van der Waals surface area contributed by atoms with Crippen LogP contribution in [0.25, 0.3) is 0 Å². The molecule has 0 fully saturated rings. The van der Waals surface area contributed by atoms with Crippen molar-refractivity contribution in [2.75, 3.05) is 5.43 Å². The van der Waals surface area contributed by atoms with E-state index in [4.69, 9.17) is 5.84 Å². The van der Waals surface area contributed by atoms with Gasteiger partial charge in [0.15, 0.2) is 0 Å². The summed E-state index contributed by atoms with van der Waals surface area (Å²) >= 11 is 0. The fourth-order valence-corrected chi connectivity index (χ4v) is 2.28. The summed E-state index contributed by atoms with van der Waals surface area (Å²) < 4.78 is 0. The molecule has 1 unspecified atom stereocenters. The number of aromatic nitrogens is 1. The highest BCUT2D eigenvalue weighted by Gasteiger charge is 2.17. The molecule has 4 N–H and O–H groups in total. The number of nitrogens with one attached hydrogen (secondary N) is 2. The van der Waals surface area contributed by atoms with Crippen LogP contribution in [-0.4, -0.2) is 16.9 Å². The van der Waals surface area contributed by atoms with E-state index in [1.54, 1.807) is 12.1 Å². The lowest BCUT2D eigenvalue weighted by Gasteiger charge is -2.22. The van der Waals surface area contributed by atoms with E-state index < -0.39 is 0 Å². The Morgan fingerprint density at radius 3 is 2.53 bits per heavy atom. The molecule has 1 amide bonds. The normalized spacial score (nSPS) is 12.3. The van der Waals surface area contributed by atoms with Gasteiger partial charge >= 0.3 is 0 Å². The van der Waals surface area contributed by atoms with Gasteiger partial charge in [-0.3, -0.25) is 4.79 Å². The average Bonchev–Trinajstić information content (AvgIpc) is 2.39. The van der Waals surface area contributed by atoms with Gasteiger partial charge in [-0.2, -0.15) is 0 Å². The zero-order valence-corrected chi connectivity index (χ0v) is 12.2. The van der Waals surface area contributed by atoms with Gasteiger partial charge in [-0.1, -0.05) is 26.7 Å². The Morgan fingerprint density at radius 1 is 1.37 bits per heavy atom. The Kier molecular flexibility index (Phi) is 5.76. The topological polar surface area (TPSA) is 80.0 Å². The molecular formula is C14H24N4O. The number of hydrogen-bond acceptors (Lipinski definition) is 4. The van der Waals surface area contributed by atoms with Crippen molar-refractivity contribution in [3.63, 3.8) is 0 Å². The van der Waals surface area contributed by atoms with Crippen molar-refractivity contribution in [2.24, 2.45) is 11.8 Å². The zero-order chi connectivity index (χ0) is 14.4. The molecule has 5 nitrogen and oxygen atoms in total. The summed E-state index contributed by atoms with van der Waals surface area (Å²) in [6, 6.07) is 3.57. The number of nitrogen functional groups attached to an aromatic ring is 1. The number of carbonyl (C=O) groups excluding carboxylic acids is 1. The minimum absolute atomic E-state index is 0.0820. The van der Waals surface area contributed by atoms with E-state index in [1.165, 1.54) is 0 Å². The number of nitrogens with two attached hydrogens (primary N) is 1. The molecule has 1 aromatic heterocycles. The third-order valence-corrected chi connectivity index (χ3v) is 3.48. The largest absolute Gasteiger partial charge is 0.349 e. The predicted molar refractivity (Wildman–Crippen MR) is 77.8 cm³/mol. The van der Waals surface area contributed by atoms with E-state index in [0.29, 0.717) is 17.3 Å². The first-order valence-electron chi connectivity index (χ1n) is 6.77. The van der Waals surface area contributed by atoms with E-state index >= 15 is 0 Å². The van der Waals surface area contributed by atoms with Crippen LogP contribution in [0.15, 0.2) is 12.1 Å². The maximum atomic E-state index is 12.2. The van der Waals surface area contributed by atoms with Gasteiger partial charge in [0, 0.05) is 17.3 Å². The van der Waals surface area contributed by atoms with Crippen molar-refractivity contribution < 1.29 is 4.79 Å². The third-order valence-electron chi connectivity index (χ3n) is 3.48. The molecule has 5 heteroatoms. The molecule has 1 atom stereocenters. The minimum atomic E-state index is -0.0820. The van der Waals surface area contributed by atoms with Gasteiger partial charge in [-0.15, -0.1) is 0 Å². The first-order valence-corrected chi connectivity index (χ1v) is 6.77. The zero-order valence-electron chi connectivity index (χ0n) is 12.2. The molecule has 1 rings (SSSR count). The highest BCUT2D eigenvalue weighted by atomic mass is 16.1. The fourth-order valence-electron chi connectivity index (χ4n) is 2.28. The summed E-state index contributed by atoms with van der Waals surface area (Å²) in [5.41, 5.74) is 3.81. The number of aryl methyl sites for hydroxylation is 1. The van der Waals surface area contributed by atoms with Crippen molar-refractivity contribution in [3.05, 3.63) is 23.4 Å². The highest BCUT2D eigenvalue weighted by molar-refractivity contribution is 5.95. The van der Waals surface area contributed by atoms with E-state index in [-0.39, 0.29) is 11.9 Å². The number of nitrogens with zero attached hydrogens (tertiary/aromatic N) is 1. The number of carbonyl (C=O) groups is 1. The number of rotatable bonds is 6. The van der Waals surface area contributed by atoms with Gasteiger partial charge < -0.3 is 10.7 Å². The molecule has 0 spiro atoms. The lowest BCUT2D eigenvalue weighted by atomic mass is 9.95. The first kappa shape index (κ1) is 15.4. The van der Waals surface area contributed by atoms with Gasteiger partial charge in [0.2, 0.25) is 0 Å². The van der Waals surface area contributed by atoms with E-state index in [2.05, 4.69) is 29.6 Å². The van der Waals surface area contributed by atoms with Crippen LogP contribution in [0, 0.1) is 12.8 Å². The second-order valence-electron chi connectivity index (χ2n) is 4.87. The molecule has 0 bridgehead atoms. The third kappa shape index (κ3) is 4.21. The van der Waals surface area contributed by atoms with Crippen LogP contribution in [-0.2, 0) is 0 Å². The van der Waals surface area contributed by atoms with Crippen LogP contribution < -0.4 is 16.6 Å². The van der Waals surface area contributed by atoms with Gasteiger partial charge in [0.1, 0.15) is 5.82 Å². The minimum Gasteiger partial charge on any atom is -0.349 e. The van der Waals surface area contributed by atoms with Gasteiger partial charge in [-0.25, -0.2) is 10.8 Å². The summed E-state index contributed by atoms with van der Waals surface area (Å²) in [7, 11) is 0. The molecule has 0 aliphatic heterocycles. The van der Waals surface area contributed by atoms with Crippen molar-refractivity contribution in [1.82, 2.24) is 10.3 Å². The molecule has 0 aliphatic carbocycles. The molecule has 0 aliphatic rings. The Balaban J connectivity index is 2.80. The predicted octanol–water partition coefficient (Wildman–Crippen LogP) is 2.23. The summed E-state index contributed by atoms with van der Waals surface area (Å²) in [6.45, 7) is 8.17. The lowest BCUT2D eigenvalue weighted by molar-refractivity contribution is 0.0925. The fraction of sp³-hybridized carbons (Fsp3) is 0.571. The van der Waals surface area contributed by atoms with Gasteiger partial charge in [0.25, 0.3) is 5.91 Å². The van der Waals surface area contributed by atoms with Gasteiger partial charge in [0.05, 0.1) is 0 Å². The smallest absolute Gasteiger partial charge is 0.251 e. The van der Waals surface area contributed by atoms with Crippen LogP contribution in [0.2, 0.25) is 0 Å². The molecule has 0 radical (unpaired) electrons. The Hall–Kier alpha value is -1.62. The summed E-state index contributed by atoms with van der Waals surface area (Å²) in [5, 5.41) is 3.04. The molecule has 0 saturated carbocycles. The molecule has 0 saturated heterocycles. The SMILES string of the molecule is CCC(CC)C(C)NC(=O)c1cc(C)nc(NN)c1. The van der Waals surface area contributed by atoms with E-state index in [1.807, 2.05) is 13.8 Å². The van der Waals surface area contributed by atoms with Crippen LogP contribution in [0.4, 0.5) is 5.82 Å². The van der Waals surface area contributed by atoms with Crippen molar-refractivity contribution in [3.8, 4) is 0 Å². The Bertz CT molecular complexity index is 429. The number of hydrazine groups is 1. The van der Waals surface area contributed by atoms with Crippen LogP contribution in [0.5, 0.6) is 0 Å².